The number of halogens is 1. The Morgan fingerprint density at radius 3 is 2.84 bits per heavy atom. The zero-order valence-electron chi connectivity index (χ0n) is 10.4. The SMILES string of the molecule is CCC(O)CCNC(=O)c1ccc(F)c([N+](=O)[O-])c1. The van der Waals surface area contributed by atoms with E-state index in [4.69, 9.17) is 0 Å². The monoisotopic (exact) mass is 270 g/mol. The van der Waals surface area contributed by atoms with Gasteiger partial charge in [0.2, 0.25) is 5.82 Å². The Hall–Kier alpha value is -2.02. The second-order valence-electron chi connectivity index (χ2n) is 4.03. The number of benzene rings is 1. The number of nitrogens with one attached hydrogen (secondary N) is 1. The van der Waals surface area contributed by atoms with Gasteiger partial charge in [-0.15, -0.1) is 0 Å². The first kappa shape index (κ1) is 15.0. The maximum Gasteiger partial charge on any atom is 0.305 e. The Balaban J connectivity index is 2.67. The molecule has 1 aromatic rings. The first-order valence-electron chi connectivity index (χ1n) is 5.86. The molecule has 7 heteroatoms. The topological polar surface area (TPSA) is 92.5 Å². The van der Waals surface area contributed by atoms with Crippen molar-refractivity contribution in [2.45, 2.75) is 25.9 Å². The molecule has 6 nitrogen and oxygen atoms in total. The average Bonchev–Trinajstić information content (AvgIpc) is 2.38. The van der Waals surface area contributed by atoms with Crippen LogP contribution in [-0.2, 0) is 0 Å². The van der Waals surface area contributed by atoms with E-state index < -0.39 is 28.4 Å². The zero-order valence-corrected chi connectivity index (χ0v) is 10.4. The molecule has 19 heavy (non-hydrogen) atoms. The van der Waals surface area contributed by atoms with Crippen molar-refractivity contribution in [1.29, 1.82) is 0 Å². The van der Waals surface area contributed by atoms with Gasteiger partial charge in [0, 0.05) is 18.2 Å². The number of nitro benzene ring substituents is 1. The van der Waals surface area contributed by atoms with E-state index in [9.17, 15) is 24.4 Å². The van der Waals surface area contributed by atoms with Crippen molar-refractivity contribution in [1.82, 2.24) is 5.32 Å². The van der Waals surface area contributed by atoms with Gasteiger partial charge in [-0.25, -0.2) is 0 Å². The van der Waals surface area contributed by atoms with Gasteiger partial charge in [-0.1, -0.05) is 6.92 Å². The van der Waals surface area contributed by atoms with Gasteiger partial charge >= 0.3 is 5.69 Å². The van der Waals surface area contributed by atoms with E-state index >= 15 is 0 Å². The molecule has 1 unspecified atom stereocenters. The molecule has 2 N–H and O–H groups in total. The molecule has 0 bridgehead atoms. The minimum absolute atomic E-state index is 0.0130. The van der Waals surface area contributed by atoms with Crippen LogP contribution in [0.1, 0.15) is 30.1 Å². The maximum absolute atomic E-state index is 13.1. The number of hydrogen-bond acceptors (Lipinski definition) is 4. The van der Waals surface area contributed by atoms with Crippen molar-refractivity contribution in [3.8, 4) is 0 Å². The van der Waals surface area contributed by atoms with Crippen LogP contribution in [0.4, 0.5) is 10.1 Å². The average molecular weight is 270 g/mol. The van der Waals surface area contributed by atoms with Crippen molar-refractivity contribution < 1.29 is 19.2 Å². The van der Waals surface area contributed by atoms with Gasteiger partial charge in [0.15, 0.2) is 0 Å². The lowest BCUT2D eigenvalue weighted by Crippen LogP contribution is -2.27. The number of carbonyl (C=O) groups is 1. The number of nitro groups is 1. The summed E-state index contributed by atoms with van der Waals surface area (Å²) in [5, 5.41) is 22.3. The molecule has 1 aromatic carbocycles. The number of carbonyl (C=O) groups excluding carboxylic acids is 1. The van der Waals surface area contributed by atoms with E-state index in [0.29, 0.717) is 12.8 Å². The second-order valence-corrected chi connectivity index (χ2v) is 4.03. The smallest absolute Gasteiger partial charge is 0.305 e. The summed E-state index contributed by atoms with van der Waals surface area (Å²) in [7, 11) is 0. The summed E-state index contributed by atoms with van der Waals surface area (Å²) in [4.78, 5) is 21.3. The van der Waals surface area contributed by atoms with Gasteiger partial charge in [0.05, 0.1) is 11.0 Å². The largest absolute Gasteiger partial charge is 0.393 e. The van der Waals surface area contributed by atoms with E-state index in [1.165, 1.54) is 6.07 Å². The van der Waals surface area contributed by atoms with Crippen LogP contribution < -0.4 is 5.32 Å². The molecular weight excluding hydrogens is 255 g/mol. The number of hydrogen-bond donors (Lipinski definition) is 2. The molecule has 104 valence electrons. The van der Waals surface area contributed by atoms with Crippen LogP contribution in [0.3, 0.4) is 0 Å². The second kappa shape index (κ2) is 6.79. The molecule has 1 amide bonds. The normalized spacial score (nSPS) is 11.9. The predicted octanol–water partition coefficient (Wildman–Crippen LogP) is 1.62. The highest BCUT2D eigenvalue weighted by Gasteiger charge is 2.17. The molecule has 0 saturated carbocycles. The molecule has 0 aliphatic carbocycles. The Kier molecular flexibility index (Phi) is 5.37. The molecule has 0 spiro atoms. The third kappa shape index (κ3) is 4.29. The highest BCUT2D eigenvalue weighted by molar-refractivity contribution is 5.94. The lowest BCUT2D eigenvalue weighted by atomic mass is 10.1. The minimum Gasteiger partial charge on any atom is -0.393 e. The summed E-state index contributed by atoms with van der Waals surface area (Å²) in [6, 6.07) is 2.95. The number of rotatable bonds is 6. The first-order chi connectivity index (χ1) is 8.95. The van der Waals surface area contributed by atoms with Gasteiger partial charge in [-0.05, 0) is 25.0 Å². The van der Waals surface area contributed by atoms with Crippen molar-refractivity contribution in [3.63, 3.8) is 0 Å². The van der Waals surface area contributed by atoms with Crippen LogP contribution in [0.2, 0.25) is 0 Å². The molecule has 0 radical (unpaired) electrons. The number of nitrogens with zero attached hydrogens (tertiary/aromatic N) is 1. The van der Waals surface area contributed by atoms with Crippen LogP contribution in [0.25, 0.3) is 0 Å². The fraction of sp³-hybridized carbons (Fsp3) is 0.417. The molecule has 1 atom stereocenters. The fourth-order valence-corrected chi connectivity index (χ4v) is 1.45. The molecule has 0 aliphatic heterocycles. The zero-order chi connectivity index (χ0) is 14.4. The highest BCUT2D eigenvalue weighted by Crippen LogP contribution is 2.18. The molecule has 0 aliphatic rings. The molecule has 0 fully saturated rings. The van der Waals surface area contributed by atoms with Gasteiger partial charge in [-0.3, -0.25) is 14.9 Å². The van der Waals surface area contributed by atoms with Crippen LogP contribution >= 0.6 is 0 Å². The number of amides is 1. The summed E-state index contributed by atoms with van der Waals surface area (Å²) in [6.07, 6.45) is 0.478. The summed E-state index contributed by atoms with van der Waals surface area (Å²) >= 11 is 0. The van der Waals surface area contributed by atoms with Crippen molar-refractivity contribution in [2.24, 2.45) is 0 Å². The van der Waals surface area contributed by atoms with Gasteiger partial charge in [0.25, 0.3) is 5.91 Å². The molecule has 1 rings (SSSR count). The van der Waals surface area contributed by atoms with Gasteiger partial charge in [0.1, 0.15) is 0 Å². The summed E-state index contributed by atoms with van der Waals surface area (Å²) < 4.78 is 13.1. The van der Waals surface area contributed by atoms with Crippen LogP contribution in [0.15, 0.2) is 18.2 Å². The first-order valence-corrected chi connectivity index (χ1v) is 5.86. The predicted molar refractivity (Wildman–Crippen MR) is 66.3 cm³/mol. The Bertz CT molecular complexity index is 479. The van der Waals surface area contributed by atoms with Gasteiger partial charge in [-0.2, -0.15) is 4.39 Å². The van der Waals surface area contributed by atoms with Crippen LogP contribution in [-0.4, -0.2) is 28.6 Å². The van der Waals surface area contributed by atoms with E-state index in [1.54, 1.807) is 0 Å². The quantitative estimate of drug-likeness (QED) is 0.607. The molecule has 0 saturated heterocycles. The fourth-order valence-electron chi connectivity index (χ4n) is 1.45. The van der Waals surface area contributed by atoms with E-state index in [1.807, 2.05) is 6.92 Å². The molecule has 0 aromatic heterocycles. The minimum atomic E-state index is -0.983. The van der Waals surface area contributed by atoms with Crippen molar-refractivity contribution in [2.75, 3.05) is 6.54 Å². The Morgan fingerprint density at radius 2 is 2.26 bits per heavy atom. The standard InChI is InChI=1S/C12H15FN2O4/c1-2-9(16)5-6-14-12(17)8-3-4-10(13)11(7-8)15(18)19/h3-4,7,9,16H,2,5-6H2,1H3,(H,14,17). The Labute approximate surface area is 109 Å². The summed E-state index contributed by atoms with van der Waals surface area (Å²) in [5.74, 6) is -1.52. The summed E-state index contributed by atoms with van der Waals surface area (Å²) in [6.45, 7) is 2.06. The van der Waals surface area contributed by atoms with Crippen LogP contribution in [0, 0.1) is 15.9 Å². The molecule has 0 heterocycles. The van der Waals surface area contributed by atoms with E-state index in [2.05, 4.69) is 5.32 Å². The van der Waals surface area contributed by atoms with E-state index in [0.717, 1.165) is 12.1 Å². The highest BCUT2D eigenvalue weighted by atomic mass is 19.1. The third-order valence-electron chi connectivity index (χ3n) is 2.64. The lowest BCUT2D eigenvalue weighted by molar-refractivity contribution is -0.387. The number of aliphatic hydroxyl groups excluding tert-OH is 1. The van der Waals surface area contributed by atoms with Crippen molar-refractivity contribution in [3.05, 3.63) is 39.7 Å². The Morgan fingerprint density at radius 1 is 1.58 bits per heavy atom. The summed E-state index contributed by atoms with van der Waals surface area (Å²) in [5.41, 5.74) is -0.722. The lowest BCUT2D eigenvalue weighted by Gasteiger charge is -2.08. The third-order valence-corrected chi connectivity index (χ3v) is 2.64. The van der Waals surface area contributed by atoms with E-state index in [-0.39, 0.29) is 12.1 Å². The maximum atomic E-state index is 13.1. The number of aliphatic hydroxyl groups is 1. The molecular formula is C12H15FN2O4. The van der Waals surface area contributed by atoms with Crippen LogP contribution in [0.5, 0.6) is 0 Å². The van der Waals surface area contributed by atoms with Crippen molar-refractivity contribution >= 4 is 11.6 Å². The van der Waals surface area contributed by atoms with Gasteiger partial charge < -0.3 is 10.4 Å².